The molecule has 0 aliphatic heterocycles. The van der Waals surface area contributed by atoms with E-state index < -0.39 is 0 Å². The molecule has 1 saturated carbocycles. The van der Waals surface area contributed by atoms with Crippen LogP contribution in [-0.2, 0) is 10.8 Å². The fraction of sp³-hybridized carbons (Fsp3) is 0.222. The Hall–Kier alpha value is -5.86. The standard InChI is InChI=1S/C54H44N2/c1-53-44-23-10-9-21-41(44)42-31-48-43(32-47(42)53)51-40(22-14-24-45(51)54(48)27-11-4-12-28-54)37-20-13-19-36(29-37)39-26-25-38(30-46(39)53)50-33-49(34-15-5-2-6-16-34)55-52(56-50)35-17-7-3-8-18-35/h2-3,5-10,14-19,21-26,29-33,42,47H,4,11-13,20,27-28H2,1H3. The molecule has 3 atom stereocenters. The lowest BCUT2D eigenvalue weighted by atomic mass is 9.62. The maximum atomic E-state index is 5.33. The second-order valence-corrected chi connectivity index (χ2v) is 17.2. The van der Waals surface area contributed by atoms with Gasteiger partial charge in [0.15, 0.2) is 5.82 Å². The van der Waals surface area contributed by atoms with Gasteiger partial charge >= 0.3 is 0 Å². The van der Waals surface area contributed by atoms with Crippen LogP contribution in [-0.4, -0.2) is 9.97 Å². The summed E-state index contributed by atoms with van der Waals surface area (Å²) in [6.45, 7) is 2.56. The molecule has 270 valence electrons. The van der Waals surface area contributed by atoms with Crippen molar-refractivity contribution in [3.63, 3.8) is 0 Å². The number of aromatic nitrogens is 2. The molecule has 1 aromatic heterocycles. The van der Waals surface area contributed by atoms with Gasteiger partial charge in [0, 0.05) is 39.4 Å². The van der Waals surface area contributed by atoms with E-state index in [-0.39, 0.29) is 16.7 Å². The Kier molecular flexibility index (Phi) is 6.98. The fourth-order valence-corrected chi connectivity index (χ4v) is 11.9. The molecule has 0 saturated heterocycles. The lowest BCUT2D eigenvalue weighted by molar-refractivity contribution is 0.347. The Morgan fingerprint density at radius 1 is 0.607 bits per heavy atom. The summed E-state index contributed by atoms with van der Waals surface area (Å²) >= 11 is 0. The van der Waals surface area contributed by atoms with E-state index in [2.05, 4.69) is 159 Å². The van der Waals surface area contributed by atoms with Crippen LogP contribution in [0, 0.1) is 5.92 Å². The first-order valence-electron chi connectivity index (χ1n) is 20.8. The third-order valence-electron chi connectivity index (χ3n) is 14.5. The topological polar surface area (TPSA) is 25.8 Å². The van der Waals surface area contributed by atoms with Crippen LogP contribution < -0.4 is 0 Å². The van der Waals surface area contributed by atoms with Crippen molar-refractivity contribution in [1.82, 2.24) is 9.97 Å². The Bertz CT molecular complexity index is 2680. The van der Waals surface area contributed by atoms with E-state index >= 15 is 0 Å². The summed E-state index contributed by atoms with van der Waals surface area (Å²) in [7, 11) is 0. The highest BCUT2D eigenvalue weighted by Crippen LogP contribution is 2.66. The average molecular weight is 721 g/mol. The van der Waals surface area contributed by atoms with Crippen LogP contribution in [0.1, 0.15) is 96.7 Å². The van der Waals surface area contributed by atoms with Crippen LogP contribution in [0.3, 0.4) is 0 Å². The third-order valence-corrected chi connectivity index (χ3v) is 14.5. The number of nitrogens with zero attached hydrogens (tertiary/aromatic N) is 2. The molecular weight excluding hydrogens is 677 g/mol. The molecule has 4 bridgehead atoms. The van der Waals surface area contributed by atoms with Crippen molar-refractivity contribution in [1.29, 1.82) is 0 Å². The number of hydrogen-bond acceptors (Lipinski definition) is 2. The molecule has 56 heavy (non-hydrogen) atoms. The van der Waals surface area contributed by atoms with Gasteiger partial charge in [-0.1, -0.05) is 166 Å². The van der Waals surface area contributed by atoms with Crippen molar-refractivity contribution in [2.75, 3.05) is 0 Å². The predicted octanol–water partition coefficient (Wildman–Crippen LogP) is 13.3. The quantitative estimate of drug-likeness (QED) is 0.182. The summed E-state index contributed by atoms with van der Waals surface area (Å²) in [5.74, 6) is 1.35. The van der Waals surface area contributed by atoms with Gasteiger partial charge in [-0.2, -0.15) is 0 Å². The minimum Gasteiger partial charge on any atom is -0.228 e. The van der Waals surface area contributed by atoms with Crippen molar-refractivity contribution >= 4 is 16.7 Å². The molecule has 6 aliphatic rings. The van der Waals surface area contributed by atoms with E-state index in [0.29, 0.717) is 5.92 Å². The van der Waals surface area contributed by atoms with E-state index in [1.165, 1.54) is 76.6 Å². The molecule has 1 heterocycles. The predicted molar refractivity (Wildman–Crippen MR) is 230 cm³/mol. The fourth-order valence-electron chi connectivity index (χ4n) is 11.9. The Morgan fingerprint density at radius 2 is 1.34 bits per heavy atom. The van der Waals surface area contributed by atoms with Crippen LogP contribution in [0.4, 0.5) is 0 Å². The van der Waals surface area contributed by atoms with Gasteiger partial charge in [0.2, 0.25) is 0 Å². The number of fused-ring (bicyclic) bond motifs is 10. The van der Waals surface area contributed by atoms with Gasteiger partial charge in [-0.05, 0) is 99.1 Å². The number of hydrogen-bond donors (Lipinski definition) is 0. The molecule has 1 spiro atoms. The summed E-state index contributed by atoms with van der Waals surface area (Å²) in [5.41, 5.74) is 21.3. The number of benzene rings is 5. The zero-order valence-electron chi connectivity index (χ0n) is 31.9. The van der Waals surface area contributed by atoms with Crippen molar-refractivity contribution in [2.24, 2.45) is 5.92 Å². The molecule has 3 unspecified atom stereocenters. The van der Waals surface area contributed by atoms with Gasteiger partial charge in [-0.25, -0.2) is 9.97 Å². The molecule has 6 aliphatic carbocycles. The zero-order valence-corrected chi connectivity index (χ0v) is 31.9. The highest BCUT2D eigenvalue weighted by Gasteiger charge is 2.55. The Balaban J connectivity index is 1.13. The molecule has 12 rings (SSSR count). The largest absolute Gasteiger partial charge is 0.228 e. The first-order chi connectivity index (χ1) is 27.6. The normalized spacial score (nSPS) is 23.2. The van der Waals surface area contributed by atoms with Gasteiger partial charge in [-0.3, -0.25) is 0 Å². The number of rotatable bonds is 3. The van der Waals surface area contributed by atoms with Crippen molar-refractivity contribution in [3.05, 3.63) is 196 Å². The average Bonchev–Trinajstić information content (AvgIpc) is 3.68. The lowest BCUT2D eigenvalue weighted by Gasteiger charge is -2.40. The molecule has 0 radical (unpaired) electrons. The second-order valence-electron chi connectivity index (χ2n) is 17.2. The van der Waals surface area contributed by atoms with Crippen LogP contribution in [0.25, 0.3) is 50.6 Å². The maximum Gasteiger partial charge on any atom is 0.160 e. The molecular formula is C54H44N2. The van der Waals surface area contributed by atoms with Crippen LogP contribution in [0.2, 0.25) is 0 Å². The minimum absolute atomic E-state index is 0.122. The van der Waals surface area contributed by atoms with Crippen LogP contribution >= 0.6 is 0 Å². The second kappa shape index (κ2) is 12.1. The molecule has 6 aromatic rings. The van der Waals surface area contributed by atoms with E-state index in [4.69, 9.17) is 9.97 Å². The van der Waals surface area contributed by atoms with Crippen molar-refractivity contribution in [3.8, 4) is 33.9 Å². The first-order valence-corrected chi connectivity index (χ1v) is 20.8. The molecule has 2 heteroatoms. The lowest BCUT2D eigenvalue weighted by Crippen LogP contribution is -2.33. The van der Waals surface area contributed by atoms with E-state index in [0.717, 1.165) is 46.7 Å². The highest BCUT2D eigenvalue weighted by molar-refractivity contribution is 5.99. The molecule has 0 N–H and O–H groups in total. The molecule has 5 aromatic carbocycles. The van der Waals surface area contributed by atoms with Crippen molar-refractivity contribution < 1.29 is 0 Å². The third kappa shape index (κ3) is 4.50. The SMILES string of the molecule is CC12c3cc(-c4cc(-c5ccccc5)nc(-c5ccccc5)n4)ccc3C3=CCCC(=C3)c3cccc4c3C3=CC1C(C=C3C41CCCCC1)c1ccccc12. The summed E-state index contributed by atoms with van der Waals surface area (Å²) in [6.07, 6.45) is 19.2. The van der Waals surface area contributed by atoms with E-state index in [1.54, 1.807) is 16.7 Å². The zero-order chi connectivity index (χ0) is 37.0. The van der Waals surface area contributed by atoms with Gasteiger partial charge in [0.1, 0.15) is 0 Å². The van der Waals surface area contributed by atoms with E-state index in [9.17, 15) is 0 Å². The first kappa shape index (κ1) is 32.4. The van der Waals surface area contributed by atoms with Crippen LogP contribution in [0.15, 0.2) is 157 Å². The highest BCUT2D eigenvalue weighted by atomic mass is 14.9. The van der Waals surface area contributed by atoms with Gasteiger partial charge in [-0.15, -0.1) is 0 Å². The van der Waals surface area contributed by atoms with Crippen LogP contribution in [0.5, 0.6) is 0 Å². The van der Waals surface area contributed by atoms with Gasteiger partial charge in [0.25, 0.3) is 0 Å². The Labute approximate surface area is 330 Å². The Morgan fingerprint density at radius 3 is 2.16 bits per heavy atom. The van der Waals surface area contributed by atoms with E-state index in [1.807, 2.05) is 0 Å². The monoisotopic (exact) mass is 720 g/mol. The maximum absolute atomic E-state index is 5.33. The molecule has 1 fully saturated rings. The summed E-state index contributed by atoms with van der Waals surface area (Å²) in [4.78, 5) is 10.5. The molecule has 0 amide bonds. The smallest absolute Gasteiger partial charge is 0.160 e. The van der Waals surface area contributed by atoms with Gasteiger partial charge in [0.05, 0.1) is 11.4 Å². The number of allylic oxidation sites excluding steroid dienone is 8. The summed E-state index contributed by atoms with van der Waals surface area (Å²) < 4.78 is 0. The van der Waals surface area contributed by atoms with Crippen molar-refractivity contribution in [2.45, 2.75) is 68.6 Å². The minimum atomic E-state index is -0.271. The summed E-state index contributed by atoms with van der Waals surface area (Å²) in [5, 5.41) is 0. The van der Waals surface area contributed by atoms with Gasteiger partial charge < -0.3 is 0 Å². The summed E-state index contributed by atoms with van der Waals surface area (Å²) in [6, 6.07) is 47.1. The molecule has 2 nitrogen and oxygen atoms in total.